The SMILES string of the molecule is CCOc1ccc(C(=O)NNC(=O)Cc2noc3ccccc23)cc1. The van der Waals surface area contributed by atoms with E-state index in [1.165, 1.54) is 0 Å². The smallest absolute Gasteiger partial charge is 0.269 e. The average molecular weight is 339 g/mol. The third-order valence-corrected chi connectivity index (χ3v) is 3.52. The Labute approximate surface area is 143 Å². The molecule has 128 valence electrons. The Balaban J connectivity index is 1.55. The molecule has 3 aromatic rings. The van der Waals surface area contributed by atoms with Crippen molar-refractivity contribution in [2.24, 2.45) is 0 Å². The maximum Gasteiger partial charge on any atom is 0.269 e. The van der Waals surface area contributed by atoms with Gasteiger partial charge in [0.2, 0.25) is 5.91 Å². The number of aromatic nitrogens is 1. The van der Waals surface area contributed by atoms with E-state index in [9.17, 15) is 9.59 Å². The van der Waals surface area contributed by atoms with Gasteiger partial charge < -0.3 is 9.26 Å². The standard InChI is InChI=1S/C18H17N3O4/c1-2-24-13-9-7-12(8-10-13)18(23)20-19-17(22)11-15-14-5-3-4-6-16(14)25-21-15/h3-10H,2,11H2,1H3,(H,19,22)(H,20,23). The number of amides is 2. The molecule has 0 unspecified atom stereocenters. The predicted octanol–water partition coefficient (Wildman–Crippen LogP) is 2.23. The van der Waals surface area contributed by atoms with Crippen molar-refractivity contribution in [2.45, 2.75) is 13.3 Å². The van der Waals surface area contributed by atoms with E-state index in [2.05, 4.69) is 16.0 Å². The molecule has 7 heteroatoms. The number of hydrogen-bond donors (Lipinski definition) is 2. The second kappa shape index (κ2) is 7.48. The summed E-state index contributed by atoms with van der Waals surface area (Å²) < 4.78 is 10.5. The van der Waals surface area contributed by atoms with Crippen LogP contribution in [-0.2, 0) is 11.2 Å². The number of hydrazine groups is 1. The largest absolute Gasteiger partial charge is 0.494 e. The van der Waals surface area contributed by atoms with Gasteiger partial charge in [0.05, 0.1) is 13.0 Å². The number of carbonyl (C=O) groups excluding carboxylic acids is 2. The Bertz CT molecular complexity index is 887. The van der Waals surface area contributed by atoms with Crippen molar-refractivity contribution in [1.82, 2.24) is 16.0 Å². The molecule has 3 rings (SSSR count). The molecule has 0 fully saturated rings. The van der Waals surface area contributed by atoms with E-state index in [1.807, 2.05) is 25.1 Å². The molecule has 2 N–H and O–H groups in total. The second-order valence-electron chi connectivity index (χ2n) is 5.26. The van der Waals surface area contributed by atoms with Crippen LogP contribution in [0.4, 0.5) is 0 Å². The average Bonchev–Trinajstić information content (AvgIpc) is 3.04. The monoisotopic (exact) mass is 339 g/mol. The minimum Gasteiger partial charge on any atom is -0.494 e. The molecule has 1 heterocycles. The summed E-state index contributed by atoms with van der Waals surface area (Å²) in [4.78, 5) is 24.0. The Morgan fingerprint density at radius 1 is 1.08 bits per heavy atom. The maximum atomic E-state index is 12.0. The minimum atomic E-state index is -0.415. The molecule has 0 atom stereocenters. The van der Waals surface area contributed by atoms with Gasteiger partial charge in [-0.3, -0.25) is 20.4 Å². The highest BCUT2D eigenvalue weighted by Crippen LogP contribution is 2.18. The molecule has 0 aliphatic rings. The van der Waals surface area contributed by atoms with E-state index < -0.39 is 11.8 Å². The first-order chi connectivity index (χ1) is 12.2. The number of para-hydroxylation sites is 1. The van der Waals surface area contributed by atoms with E-state index >= 15 is 0 Å². The van der Waals surface area contributed by atoms with Crippen molar-refractivity contribution in [3.8, 4) is 5.75 Å². The predicted molar refractivity (Wildman–Crippen MR) is 90.9 cm³/mol. The Morgan fingerprint density at radius 2 is 1.84 bits per heavy atom. The lowest BCUT2D eigenvalue weighted by Crippen LogP contribution is -2.42. The number of fused-ring (bicyclic) bond motifs is 1. The van der Waals surface area contributed by atoms with Crippen LogP contribution in [0.25, 0.3) is 11.0 Å². The van der Waals surface area contributed by atoms with Crippen LogP contribution < -0.4 is 15.6 Å². The van der Waals surface area contributed by atoms with Crippen LogP contribution in [0.15, 0.2) is 53.1 Å². The topological polar surface area (TPSA) is 93.5 Å². The van der Waals surface area contributed by atoms with Crippen molar-refractivity contribution in [2.75, 3.05) is 6.61 Å². The lowest BCUT2D eigenvalue weighted by molar-refractivity contribution is -0.121. The van der Waals surface area contributed by atoms with Crippen molar-refractivity contribution >= 4 is 22.8 Å². The fourth-order valence-corrected chi connectivity index (χ4v) is 2.33. The maximum absolute atomic E-state index is 12.0. The van der Waals surface area contributed by atoms with Crippen LogP contribution in [0.1, 0.15) is 23.0 Å². The lowest BCUT2D eigenvalue weighted by Gasteiger charge is -2.07. The normalized spacial score (nSPS) is 10.4. The van der Waals surface area contributed by atoms with E-state index in [-0.39, 0.29) is 6.42 Å². The van der Waals surface area contributed by atoms with Gasteiger partial charge in [-0.1, -0.05) is 17.3 Å². The molecule has 0 radical (unpaired) electrons. The molecule has 2 amide bonds. The number of benzene rings is 2. The number of hydrogen-bond acceptors (Lipinski definition) is 5. The Hall–Kier alpha value is -3.35. The van der Waals surface area contributed by atoms with Crippen molar-refractivity contribution in [1.29, 1.82) is 0 Å². The summed E-state index contributed by atoms with van der Waals surface area (Å²) >= 11 is 0. The molecular formula is C18H17N3O4. The first kappa shape index (κ1) is 16.5. The van der Waals surface area contributed by atoms with E-state index in [0.717, 1.165) is 5.39 Å². The van der Waals surface area contributed by atoms with Crippen LogP contribution in [0.2, 0.25) is 0 Å². The molecule has 0 aliphatic carbocycles. The zero-order chi connectivity index (χ0) is 17.6. The fraction of sp³-hybridized carbons (Fsp3) is 0.167. The van der Waals surface area contributed by atoms with Crippen LogP contribution in [0.3, 0.4) is 0 Å². The lowest BCUT2D eigenvalue weighted by atomic mass is 10.2. The quantitative estimate of drug-likeness (QED) is 0.695. The summed E-state index contributed by atoms with van der Waals surface area (Å²) in [5.41, 5.74) is 6.29. The molecule has 0 bridgehead atoms. The van der Waals surface area contributed by atoms with Crippen LogP contribution >= 0.6 is 0 Å². The van der Waals surface area contributed by atoms with Gasteiger partial charge in [-0.2, -0.15) is 0 Å². The minimum absolute atomic E-state index is 0.000567. The zero-order valence-electron chi connectivity index (χ0n) is 13.6. The summed E-state index contributed by atoms with van der Waals surface area (Å²) in [6.45, 7) is 2.44. The first-order valence-electron chi connectivity index (χ1n) is 7.82. The summed E-state index contributed by atoms with van der Waals surface area (Å²) in [5.74, 6) is -0.124. The number of nitrogens with zero attached hydrogens (tertiary/aromatic N) is 1. The zero-order valence-corrected chi connectivity index (χ0v) is 13.6. The van der Waals surface area contributed by atoms with Gasteiger partial charge in [0, 0.05) is 10.9 Å². The molecule has 0 saturated heterocycles. The van der Waals surface area contributed by atoms with Crippen LogP contribution in [0.5, 0.6) is 5.75 Å². The third kappa shape index (κ3) is 3.95. The van der Waals surface area contributed by atoms with Gasteiger partial charge in [-0.15, -0.1) is 0 Å². The molecule has 0 aliphatic heterocycles. The molecule has 25 heavy (non-hydrogen) atoms. The van der Waals surface area contributed by atoms with Gasteiger partial charge in [-0.25, -0.2) is 0 Å². The highest BCUT2D eigenvalue weighted by Gasteiger charge is 2.13. The second-order valence-corrected chi connectivity index (χ2v) is 5.26. The van der Waals surface area contributed by atoms with E-state index in [1.54, 1.807) is 30.3 Å². The number of ether oxygens (including phenoxy) is 1. The molecular weight excluding hydrogens is 322 g/mol. The summed E-state index contributed by atoms with van der Waals surface area (Å²) in [5, 5.41) is 4.66. The summed E-state index contributed by atoms with van der Waals surface area (Å²) in [6, 6.07) is 13.9. The molecule has 2 aromatic carbocycles. The molecule has 0 spiro atoms. The Morgan fingerprint density at radius 3 is 2.60 bits per heavy atom. The van der Waals surface area contributed by atoms with Crippen LogP contribution in [0, 0.1) is 0 Å². The highest BCUT2D eigenvalue weighted by molar-refractivity contribution is 5.96. The Kier molecular flexibility index (Phi) is 4.94. The van der Waals surface area contributed by atoms with E-state index in [0.29, 0.717) is 29.2 Å². The molecule has 0 saturated carbocycles. The van der Waals surface area contributed by atoms with Gasteiger partial charge in [0.25, 0.3) is 5.91 Å². The summed E-state index contributed by atoms with van der Waals surface area (Å²) in [6.07, 6.45) is 0.000567. The van der Waals surface area contributed by atoms with Gasteiger partial charge in [-0.05, 0) is 43.3 Å². The van der Waals surface area contributed by atoms with Gasteiger partial charge >= 0.3 is 0 Å². The number of nitrogens with one attached hydrogen (secondary N) is 2. The number of carbonyl (C=O) groups is 2. The van der Waals surface area contributed by atoms with Crippen LogP contribution in [-0.4, -0.2) is 23.6 Å². The first-order valence-corrected chi connectivity index (χ1v) is 7.82. The van der Waals surface area contributed by atoms with Crippen molar-refractivity contribution in [3.63, 3.8) is 0 Å². The highest BCUT2D eigenvalue weighted by atomic mass is 16.5. The van der Waals surface area contributed by atoms with E-state index in [4.69, 9.17) is 9.26 Å². The summed E-state index contributed by atoms with van der Waals surface area (Å²) in [7, 11) is 0. The third-order valence-electron chi connectivity index (χ3n) is 3.52. The molecule has 7 nitrogen and oxygen atoms in total. The fourth-order valence-electron chi connectivity index (χ4n) is 2.33. The molecule has 1 aromatic heterocycles. The van der Waals surface area contributed by atoms with Gasteiger partial charge in [0.1, 0.15) is 11.4 Å². The van der Waals surface area contributed by atoms with Crippen molar-refractivity contribution in [3.05, 3.63) is 59.8 Å². The van der Waals surface area contributed by atoms with Gasteiger partial charge in [0.15, 0.2) is 5.58 Å². The number of rotatable bonds is 5. The van der Waals surface area contributed by atoms with Crippen molar-refractivity contribution < 1.29 is 18.8 Å².